The Hall–Kier alpha value is -3.68. The van der Waals surface area contributed by atoms with Gasteiger partial charge in [0.2, 0.25) is 0 Å². The molecule has 0 radical (unpaired) electrons. The molecule has 0 bridgehead atoms. The van der Waals surface area contributed by atoms with Crippen LogP contribution in [0.1, 0.15) is 64.8 Å². The van der Waals surface area contributed by atoms with Crippen LogP contribution in [-0.2, 0) is 6.42 Å². The fraction of sp³-hybridized carbons (Fsp3) is 0.231. The molecule has 40 heavy (non-hydrogen) atoms. The second kappa shape index (κ2) is 9.75. The molecule has 0 spiro atoms. The first kappa shape index (κ1) is 24.1. The predicted molar refractivity (Wildman–Crippen MR) is 172 cm³/mol. The van der Waals surface area contributed by atoms with Gasteiger partial charge >= 0.3 is 0 Å². The minimum atomic E-state index is 0.336. The van der Waals surface area contributed by atoms with Gasteiger partial charge in [0.25, 0.3) is 0 Å². The molecule has 0 saturated heterocycles. The van der Waals surface area contributed by atoms with E-state index in [0.29, 0.717) is 23.7 Å². The second-order valence-electron chi connectivity index (χ2n) is 11.9. The van der Waals surface area contributed by atoms with Crippen molar-refractivity contribution in [2.45, 2.75) is 38.5 Å². The molecular formula is C39H34S. The molecule has 3 aromatic carbocycles. The fourth-order valence-electron chi connectivity index (χ4n) is 7.87. The van der Waals surface area contributed by atoms with E-state index in [2.05, 4.69) is 122 Å². The standard InChI is InChI=1S/C39H34S/c1-25-12-5-6-15-28(25)38-31-17-8-7-16-30(31)37(26-13-3-2-4-14-26)34-24-27(22-23-32(34)38)29-19-11-21-36-39(29)33-18-9-10-20-35(33)40-36/h2-8,10-17,19-21,24-25,28,34,37H,9,18,22-23H2,1H3/t25-,28?,34?,37?/m1/s1. The number of allylic oxidation sites excluding steroid dienone is 9. The van der Waals surface area contributed by atoms with E-state index in [0.717, 1.165) is 25.7 Å². The van der Waals surface area contributed by atoms with Crippen LogP contribution in [0.15, 0.2) is 115 Å². The van der Waals surface area contributed by atoms with Gasteiger partial charge in [-0.25, -0.2) is 0 Å². The van der Waals surface area contributed by atoms with Crippen molar-refractivity contribution in [3.8, 4) is 0 Å². The largest absolute Gasteiger partial charge is 0.136 e. The van der Waals surface area contributed by atoms with Crippen LogP contribution in [0.2, 0.25) is 0 Å². The highest BCUT2D eigenvalue weighted by atomic mass is 32.1. The Bertz CT molecular complexity index is 1770. The Morgan fingerprint density at radius 3 is 2.48 bits per heavy atom. The molecule has 0 saturated carbocycles. The van der Waals surface area contributed by atoms with Crippen LogP contribution in [0.5, 0.6) is 0 Å². The van der Waals surface area contributed by atoms with Crippen LogP contribution in [0.25, 0.3) is 27.3 Å². The molecular weight excluding hydrogens is 500 g/mol. The van der Waals surface area contributed by atoms with E-state index in [4.69, 9.17) is 0 Å². The molecule has 4 aromatic rings. The van der Waals surface area contributed by atoms with Crippen LogP contribution in [-0.4, -0.2) is 0 Å². The molecule has 4 aliphatic rings. The van der Waals surface area contributed by atoms with Crippen molar-refractivity contribution >= 4 is 38.6 Å². The van der Waals surface area contributed by atoms with Crippen LogP contribution in [0.3, 0.4) is 0 Å². The summed E-state index contributed by atoms with van der Waals surface area (Å²) in [6, 6.07) is 27.6. The molecule has 1 aromatic heterocycles. The normalized spacial score (nSPS) is 25.0. The molecule has 4 atom stereocenters. The Morgan fingerprint density at radius 1 is 0.750 bits per heavy atom. The van der Waals surface area contributed by atoms with Crippen molar-refractivity contribution < 1.29 is 0 Å². The fourth-order valence-corrected chi connectivity index (χ4v) is 9.08. The van der Waals surface area contributed by atoms with Crippen molar-refractivity contribution in [2.75, 3.05) is 0 Å². The van der Waals surface area contributed by atoms with E-state index < -0.39 is 0 Å². The number of hydrogen-bond donors (Lipinski definition) is 0. The maximum atomic E-state index is 2.69. The van der Waals surface area contributed by atoms with Gasteiger partial charge in [0.05, 0.1) is 0 Å². The molecule has 1 heteroatoms. The molecule has 0 nitrogen and oxygen atoms in total. The Kier molecular flexibility index (Phi) is 5.89. The van der Waals surface area contributed by atoms with Crippen molar-refractivity contribution in [1.29, 1.82) is 0 Å². The molecule has 196 valence electrons. The summed E-state index contributed by atoms with van der Waals surface area (Å²) in [4.78, 5) is 1.47. The number of aryl methyl sites for hydroxylation is 1. The van der Waals surface area contributed by atoms with Gasteiger partial charge in [-0.15, -0.1) is 11.3 Å². The SMILES string of the molecule is C[C@@H]1C=CC=CC1C1=C2CCC(c3cccc4sc5c(c34)CCC=C5)=CC2C(c2ccccc2)c2ccccc21. The summed E-state index contributed by atoms with van der Waals surface area (Å²) in [5.74, 6) is 1.63. The van der Waals surface area contributed by atoms with Crippen molar-refractivity contribution in [3.05, 3.63) is 148 Å². The second-order valence-corrected chi connectivity index (χ2v) is 12.9. The predicted octanol–water partition coefficient (Wildman–Crippen LogP) is 10.6. The number of fused-ring (bicyclic) bond motifs is 5. The topological polar surface area (TPSA) is 0 Å². The van der Waals surface area contributed by atoms with Crippen molar-refractivity contribution in [2.24, 2.45) is 17.8 Å². The summed E-state index contributed by atoms with van der Waals surface area (Å²) in [5, 5.41) is 1.52. The smallest absolute Gasteiger partial charge is 0.0358 e. The van der Waals surface area contributed by atoms with Crippen LogP contribution < -0.4 is 0 Å². The third-order valence-electron chi connectivity index (χ3n) is 9.66. The Morgan fingerprint density at radius 2 is 1.57 bits per heavy atom. The van der Waals surface area contributed by atoms with E-state index in [1.807, 2.05) is 11.3 Å². The van der Waals surface area contributed by atoms with Gasteiger partial charge in [0, 0.05) is 32.7 Å². The highest BCUT2D eigenvalue weighted by Gasteiger charge is 2.39. The van der Waals surface area contributed by atoms with E-state index in [1.165, 1.54) is 37.2 Å². The first-order valence-electron chi connectivity index (χ1n) is 14.9. The van der Waals surface area contributed by atoms with Gasteiger partial charge in [0.15, 0.2) is 0 Å². The van der Waals surface area contributed by atoms with Crippen LogP contribution in [0.4, 0.5) is 0 Å². The minimum absolute atomic E-state index is 0.336. The molecule has 0 N–H and O–H groups in total. The lowest BCUT2D eigenvalue weighted by Gasteiger charge is -2.42. The third kappa shape index (κ3) is 3.79. The molecule has 3 unspecified atom stereocenters. The third-order valence-corrected chi connectivity index (χ3v) is 10.8. The number of benzene rings is 3. The summed E-state index contributed by atoms with van der Waals surface area (Å²) >= 11 is 1.97. The molecule has 0 fully saturated rings. The number of thiophene rings is 1. The van der Waals surface area contributed by atoms with E-state index in [1.54, 1.807) is 22.3 Å². The summed E-state index contributed by atoms with van der Waals surface area (Å²) in [6.07, 6.45) is 21.3. The molecule has 0 aliphatic heterocycles. The quantitative estimate of drug-likeness (QED) is 0.245. The van der Waals surface area contributed by atoms with Crippen LogP contribution >= 0.6 is 11.3 Å². The van der Waals surface area contributed by atoms with E-state index in [-0.39, 0.29) is 0 Å². The zero-order chi connectivity index (χ0) is 26.6. The van der Waals surface area contributed by atoms with Crippen LogP contribution in [0, 0.1) is 17.8 Å². The average molecular weight is 535 g/mol. The lowest BCUT2D eigenvalue weighted by atomic mass is 9.62. The summed E-state index contributed by atoms with van der Waals surface area (Å²) in [7, 11) is 0. The summed E-state index contributed by atoms with van der Waals surface area (Å²) < 4.78 is 1.44. The highest BCUT2D eigenvalue weighted by molar-refractivity contribution is 7.20. The highest BCUT2D eigenvalue weighted by Crippen LogP contribution is 2.55. The number of rotatable bonds is 3. The van der Waals surface area contributed by atoms with Gasteiger partial charge in [-0.2, -0.15) is 0 Å². The van der Waals surface area contributed by atoms with Crippen molar-refractivity contribution in [1.82, 2.24) is 0 Å². The molecule has 0 amide bonds. The minimum Gasteiger partial charge on any atom is -0.136 e. The van der Waals surface area contributed by atoms with Gasteiger partial charge < -0.3 is 0 Å². The number of hydrogen-bond acceptors (Lipinski definition) is 1. The Balaban J connectivity index is 1.36. The lowest BCUT2D eigenvalue weighted by Crippen LogP contribution is -2.28. The molecule has 4 aliphatic carbocycles. The lowest BCUT2D eigenvalue weighted by molar-refractivity contribution is 0.563. The zero-order valence-corrected chi connectivity index (χ0v) is 23.8. The maximum absolute atomic E-state index is 2.69. The van der Waals surface area contributed by atoms with E-state index >= 15 is 0 Å². The summed E-state index contributed by atoms with van der Waals surface area (Å²) in [5.41, 5.74) is 12.2. The first-order chi connectivity index (χ1) is 19.8. The van der Waals surface area contributed by atoms with Gasteiger partial charge in [-0.1, -0.05) is 116 Å². The van der Waals surface area contributed by atoms with Crippen molar-refractivity contribution in [3.63, 3.8) is 0 Å². The van der Waals surface area contributed by atoms with Gasteiger partial charge in [-0.05, 0) is 82.7 Å². The van der Waals surface area contributed by atoms with Gasteiger partial charge in [-0.3, -0.25) is 0 Å². The molecule has 1 heterocycles. The van der Waals surface area contributed by atoms with E-state index in [9.17, 15) is 0 Å². The summed E-state index contributed by atoms with van der Waals surface area (Å²) in [6.45, 7) is 2.39. The maximum Gasteiger partial charge on any atom is 0.0358 e. The monoisotopic (exact) mass is 534 g/mol. The zero-order valence-electron chi connectivity index (χ0n) is 23.0. The Labute approximate surface area is 241 Å². The average Bonchev–Trinajstić information content (AvgIpc) is 3.39. The first-order valence-corrected chi connectivity index (χ1v) is 15.7. The van der Waals surface area contributed by atoms with Gasteiger partial charge in [0.1, 0.15) is 0 Å². The molecule has 8 rings (SSSR count).